The molecule has 0 aliphatic heterocycles. The normalized spacial score (nSPS) is 10.4. The molecule has 0 aliphatic carbocycles. The zero-order valence-electron chi connectivity index (χ0n) is 12.9. The van der Waals surface area contributed by atoms with Crippen LogP contribution < -0.4 is 0 Å². The van der Waals surface area contributed by atoms with Crippen LogP contribution in [0.25, 0.3) is 16.9 Å². The second-order valence-electron chi connectivity index (χ2n) is 5.21. The fourth-order valence-corrected chi connectivity index (χ4v) is 2.41. The maximum Gasteiger partial charge on any atom is 0.337 e. The van der Waals surface area contributed by atoms with E-state index in [0.29, 0.717) is 16.8 Å². The zero-order valence-corrected chi connectivity index (χ0v) is 12.9. The molecule has 0 saturated carbocycles. The zero-order chi connectivity index (χ0) is 18.1. The van der Waals surface area contributed by atoms with Crippen LogP contribution in [0.3, 0.4) is 0 Å². The van der Waals surface area contributed by atoms with Crippen LogP contribution in [0.2, 0.25) is 0 Å². The first kappa shape index (κ1) is 16.1. The van der Waals surface area contributed by atoms with Crippen LogP contribution in [0.4, 0.5) is 4.39 Å². The van der Waals surface area contributed by atoms with Crippen LogP contribution in [0.1, 0.15) is 21.6 Å². The molecule has 8 heteroatoms. The third kappa shape index (κ3) is 2.79. The number of aromatic carboxylic acids is 1. The molecule has 2 N–H and O–H groups in total. The summed E-state index contributed by atoms with van der Waals surface area (Å²) in [5.41, 5.74) is 0.985. The molecule has 25 heavy (non-hydrogen) atoms. The first-order valence-corrected chi connectivity index (χ1v) is 7.10. The minimum absolute atomic E-state index is 0.00139. The molecule has 0 spiro atoms. The van der Waals surface area contributed by atoms with Crippen LogP contribution in [0.15, 0.2) is 36.5 Å². The average molecular weight is 338 g/mol. The van der Waals surface area contributed by atoms with Gasteiger partial charge in [0.05, 0.1) is 22.4 Å². The van der Waals surface area contributed by atoms with Crippen LogP contribution >= 0.6 is 0 Å². The van der Waals surface area contributed by atoms with Crippen molar-refractivity contribution in [2.75, 3.05) is 0 Å². The number of aromatic hydroxyl groups is 1. The van der Waals surface area contributed by atoms with Gasteiger partial charge in [0.25, 0.3) is 0 Å². The highest BCUT2D eigenvalue weighted by Crippen LogP contribution is 2.34. The van der Waals surface area contributed by atoms with Gasteiger partial charge >= 0.3 is 5.97 Å². The Labute approximate surface area is 141 Å². The van der Waals surface area contributed by atoms with Gasteiger partial charge in [-0.05, 0) is 36.8 Å². The Morgan fingerprint density at radius 2 is 2.08 bits per heavy atom. The van der Waals surface area contributed by atoms with E-state index in [-0.39, 0.29) is 22.8 Å². The van der Waals surface area contributed by atoms with E-state index in [1.54, 1.807) is 13.0 Å². The van der Waals surface area contributed by atoms with Crippen LogP contribution in [0.5, 0.6) is 5.88 Å². The number of nitrogens with zero attached hydrogens (tertiary/aromatic N) is 4. The van der Waals surface area contributed by atoms with Gasteiger partial charge in [-0.2, -0.15) is 15.0 Å². The summed E-state index contributed by atoms with van der Waals surface area (Å²) in [5.74, 6) is -1.87. The van der Waals surface area contributed by atoms with Gasteiger partial charge in [-0.1, -0.05) is 6.07 Å². The fourth-order valence-electron chi connectivity index (χ4n) is 2.41. The minimum Gasteiger partial charge on any atom is -0.493 e. The summed E-state index contributed by atoms with van der Waals surface area (Å²) in [6.45, 7) is 1.63. The number of pyridine rings is 1. The van der Waals surface area contributed by atoms with E-state index in [0.717, 1.165) is 16.9 Å². The number of carboxylic acids is 1. The highest BCUT2D eigenvalue weighted by atomic mass is 19.1. The van der Waals surface area contributed by atoms with Gasteiger partial charge in [0.15, 0.2) is 5.82 Å². The van der Waals surface area contributed by atoms with Crippen LogP contribution in [-0.2, 0) is 0 Å². The van der Waals surface area contributed by atoms with Crippen molar-refractivity contribution in [2.45, 2.75) is 6.92 Å². The number of aryl methyl sites for hydroxylation is 1. The number of halogens is 1. The Bertz CT molecular complexity index is 1020. The van der Waals surface area contributed by atoms with E-state index in [1.807, 2.05) is 0 Å². The van der Waals surface area contributed by atoms with E-state index in [9.17, 15) is 14.3 Å². The van der Waals surface area contributed by atoms with E-state index in [1.165, 1.54) is 24.3 Å². The van der Waals surface area contributed by atoms with Crippen molar-refractivity contribution >= 4 is 5.97 Å². The van der Waals surface area contributed by atoms with E-state index in [4.69, 9.17) is 10.4 Å². The Kier molecular flexibility index (Phi) is 3.91. The fraction of sp³-hybridized carbons (Fsp3) is 0.0588. The van der Waals surface area contributed by atoms with Crippen molar-refractivity contribution in [3.05, 3.63) is 59.2 Å². The second-order valence-corrected chi connectivity index (χ2v) is 5.21. The molecular formula is C17H11FN4O3. The summed E-state index contributed by atoms with van der Waals surface area (Å²) >= 11 is 0. The van der Waals surface area contributed by atoms with E-state index >= 15 is 0 Å². The molecule has 0 unspecified atom stereocenters. The predicted molar refractivity (Wildman–Crippen MR) is 84.8 cm³/mol. The standard InChI is InChI=1S/C17H11FN4O3/c1-9-15(10-2-3-11(7-19)13(18)6-10)16(23)22(21-9)14-5-4-12(8-20-14)17(24)25/h2-6,8,23H,1H3,(H,24,25). The maximum atomic E-state index is 13.9. The van der Waals surface area contributed by atoms with Crippen LogP contribution in [-0.4, -0.2) is 30.9 Å². The van der Waals surface area contributed by atoms with Gasteiger partial charge in [-0.3, -0.25) is 0 Å². The van der Waals surface area contributed by atoms with Gasteiger partial charge < -0.3 is 10.2 Å². The largest absolute Gasteiger partial charge is 0.493 e. The summed E-state index contributed by atoms with van der Waals surface area (Å²) < 4.78 is 15.0. The van der Waals surface area contributed by atoms with Crippen molar-refractivity contribution in [1.82, 2.24) is 14.8 Å². The molecule has 2 heterocycles. The molecule has 3 aromatic rings. The molecule has 0 amide bonds. The highest BCUT2D eigenvalue weighted by molar-refractivity contribution is 5.87. The third-order valence-electron chi connectivity index (χ3n) is 3.63. The minimum atomic E-state index is -1.12. The Balaban J connectivity index is 2.08. The van der Waals surface area contributed by atoms with E-state index in [2.05, 4.69) is 10.1 Å². The first-order valence-electron chi connectivity index (χ1n) is 7.10. The van der Waals surface area contributed by atoms with Gasteiger partial charge in [0.2, 0.25) is 5.88 Å². The molecular weight excluding hydrogens is 327 g/mol. The van der Waals surface area contributed by atoms with Gasteiger partial charge in [0.1, 0.15) is 11.9 Å². The molecule has 0 bridgehead atoms. The topological polar surface area (TPSA) is 112 Å². The van der Waals surface area contributed by atoms with Gasteiger partial charge in [-0.25, -0.2) is 14.2 Å². The molecule has 0 fully saturated rings. The quantitative estimate of drug-likeness (QED) is 0.759. The van der Waals surface area contributed by atoms with Crippen molar-refractivity contribution in [3.8, 4) is 28.9 Å². The van der Waals surface area contributed by atoms with Gasteiger partial charge in [0, 0.05) is 6.20 Å². The van der Waals surface area contributed by atoms with Crippen molar-refractivity contribution in [1.29, 1.82) is 5.26 Å². The number of carboxylic acid groups (broad SMARTS) is 1. The number of nitriles is 1. The number of aromatic nitrogens is 3. The number of rotatable bonds is 3. The lowest BCUT2D eigenvalue weighted by atomic mass is 10.0. The molecule has 0 saturated heterocycles. The molecule has 1 aromatic carbocycles. The summed E-state index contributed by atoms with van der Waals surface area (Å²) in [6, 6.07) is 8.45. The molecule has 3 rings (SSSR count). The molecule has 0 atom stereocenters. The van der Waals surface area contributed by atoms with Crippen LogP contribution in [0, 0.1) is 24.1 Å². The molecule has 0 radical (unpaired) electrons. The summed E-state index contributed by atoms with van der Waals surface area (Å²) in [4.78, 5) is 14.8. The third-order valence-corrected chi connectivity index (χ3v) is 3.63. The number of benzene rings is 1. The Morgan fingerprint density at radius 1 is 1.32 bits per heavy atom. The summed E-state index contributed by atoms with van der Waals surface area (Å²) in [5, 5.41) is 32.3. The lowest BCUT2D eigenvalue weighted by Crippen LogP contribution is -2.02. The van der Waals surface area contributed by atoms with Crippen molar-refractivity contribution in [2.24, 2.45) is 0 Å². The van der Waals surface area contributed by atoms with Crippen molar-refractivity contribution < 1.29 is 19.4 Å². The second kappa shape index (κ2) is 6.05. The average Bonchev–Trinajstić information content (AvgIpc) is 2.89. The molecule has 7 nitrogen and oxygen atoms in total. The maximum absolute atomic E-state index is 13.9. The summed E-state index contributed by atoms with van der Waals surface area (Å²) in [6.07, 6.45) is 1.15. The molecule has 2 aromatic heterocycles. The van der Waals surface area contributed by atoms with E-state index < -0.39 is 11.8 Å². The lowest BCUT2D eigenvalue weighted by Gasteiger charge is -2.04. The monoisotopic (exact) mass is 338 g/mol. The summed E-state index contributed by atoms with van der Waals surface area (Å²) in [7, 11) is 0. The number of hydrogen-bond donors (Lipinski definition) is 2. The SMILES string of the molecule is Cc1nn(-c2ccc(C(=O)O)cn2)c(O)c1-c1ccc(C#N)c(F)c1. The lowest BCUT2D eigenvalue weighted by molar-refractivity contribution is 0.0696. The Hall–Kier alpha value is -3.73. The first-order chi connectivity index (χ1) is 11.9. The highest BCUT2D eigenvalue weighted by Gasteiger charge is 2.19. The van der Waals surface area contributed by atoms with Crippen molar-refractivity contribution in [3.63, 3.8) is 0 Å². The molecule has 0 aliphatic rings. The Morgan fingerprint density at radius 3 is 2.64 bits per heavy atom. The molecule has 124 valence electrons. The number of carbonyl (C=O) groups is 1. The number of hydrogen-bond acceptors (Lipinski definition) is 5. The predicted octanol–water partition coefficient (Wildman–Crippen LogP) is 2.66. The smallest absolute Gasteiger partial charge is 0.337 e. The van der Waals surface area contributed by atoms with Gasteiger partial charge in [-0.15, -0.1) is 0 Å².